The summed E-state index contributed by atoms with van der Waals surface area (Å²) < 4.78 is 15.1. The van der Waals surface area contributed by atoms with Gasteiger partial charge in [-0.3, -0.25) is 14.9 Å². The van der Waals surface area contributed by atoms with Crippen LogP contribution in [-0.4, -0.2) is 67.7 Å². The maximum Gasteiger partial charge on any atom is 0.254 e. The number of carbonyl (C=O) groups excluding carboxylic acids is 1. The molecule has 0 bridgehead atoms. The van der Waals surface area contributed by atoms with Gasteiger partial charge in [0.05, 0.1) is 43.8 Å². The smallest absolute Gasteiger partial charge is 0.254 e. The summed E-state index contributed by atoms with van der Waals surface area (Å²) in [6.45, 7) is 1.67. The fourth-order valence-electron chi connectivity index (χ4n) is 2.05. The molecule has 0 aromatic rings. The van der Waals surface area contributed by atoms with Gasteiger partial charge < -0.3 is 29.7 Å². The van der Waals surface area contributed by atoms with E-state index in [0.717, 1.165) is 6.08 Å². The highest BCUT2D eigenvalue weighted by atomic mass is 16.6. The lowest BCUT2D eigenvalue weighted by molar-refractivity contribution is -0.427. The third kappa shape index (κ3) is 8.60. The fourth-order valence-corrected chi connectivity index (χ4v) is 2.05. The van der Waals surface area contributed by atoms with Gasteiger partial charge in [0.25, 0.3) is 5.70 Å². The van der Waals surface area contributed by atoms with Crippen LogP contribution in [-0.2, 0) is 19.0 Å². The van der Waals surface area contributed by atoms with E-state index in [-0.39, 0.29) is 44.2 Å². The molecule has 0 aliphatic heterocycles. The van der Waals surface area contributed by atoms with Crippen molar-refractivity contribution in [2.24, 2.45) is 0 Å². The summed E-state index contributed by atoms with van der Waals surface area (Å²) >= 11 is 0. The van der Waals surface area contributed by atoms with E-state index in [2.05, 4.69) is 5.32 Å². The molecule has 26 heavy (non-hydrogen) atoms. The number of rotatable bonds is 12. The van der Waals surface area contributed by atoms with Crippen LogP contribution in [0.25, 0.3) is 0 Å². The van der Waals surface area contributed by atoms with Crippen molar-refractivity contribution < 1.29 is 34.1 Å². The molecule has 0 atom stereocenters. The Morgan fingerprint density at radius 3 is 2.54 bits per heavy atom. The van der Waals surface area contributed by atoms with Crippen molar-refractivity contribution in [2.75, 3.05) is 46.7 Å². The second-order valence-electron chi connectivity index (χ2n) is 5.40. The molecule has 0 unspecified atom stereocenters. The lowest BCUT2D eigenvalue weighted by atomic mass is 10.1. The van der Waals surface area contributed by atoms with E-state index in [0.29, 0.717) is 25.4 Å². The number of hydrogen-bond donors (Lipinski definition) is 3. The molecule has 0 saturated carbocycles. The molecule has 3 N–H and O–H groups in total. The van der Waals surface area contributed by atoms with Crippen LogP contribution in [0.5, 0.6) is 0 Å². The number of nitrogens with one attached hydrogen (secondary N) is 1. The molecule has 0 aromatic heterocycles. The van der Waals surface area contributed by atoms with E-state index >= 15 is 0 Å². The van der Waals surface area contributed by atoms with Gasteiger partial charge in [-0.15, -0.1) is 0 Å². The molecule has 0 heterocycles. The average molecular weight is 372 g/mol. The molecule has 0 saturated heterocycles. The molecule has 10 heteroatoms. The zero-order valence-corrected chi connectivity index (χ0v) is 14.6. The fraction of sp³-hybridized carbons (Fsp3) is 0.562. The summed E-state index contributed by atoms with van der Waals surface area (Å²) in [5.74, 6) is -1.33. The molecule has 0 spiro atoms. The second kappa shape index (κ2) is 12.0. The molecule has 1 rings (SSSR count). The minimum atomic E-state index is -0.621. The summed E-state index contributed by atoms with van der Waals surface area (Å²) in [5.41, 5.74) is 0.281. The number of nitro groups is 1. The Balaban J connectivity index is 2.28. The van der Waals surface area contributed by atoms with Crippen LogP contribution in [0.1, 0.15) is 12.8 Å². The lowest BCUT2D eigenvalue weighted by Crippen LogP contribution is -2.29. The van der Waals surface area contributed by atoms with Crippen molar-refractivity contribution in [3.05, 3.63) is 45.1 Å². The molecular formula is C16H24N2O8. The number of aliphatic hydroxyl groups excluding tert-OH is 2. The van der Waals surface area contributed by atoms with E-state index in [4.69, 9.17) is 14.2 Å². The van der Waals surface area contributed by atoms with Crippen molar-refractivity contribution in [3.63, 3.8) is 0 Å². The SMILES string of the molecule is COCCOCCOCC(=O)NCCC1=CC(O)=C(O)C=C([N+](=O)[O-])C1. The predicted molar refractivity (Wildman–Crippen MR) is 91.2 cm³/mol. The Kier molecular flexibility index (Phi) is 9.98. The topological polar surface area (TPSA) is 140 Å². The summed E-state index contributed by atoms with van der Waals surface area (Å²) in [5, 5.41) is 32.6. The highest BCUT2D eigenvalue weighted by Gasteiger charge is 2.19. The maximum absolute atomic E-state index is 11.6. The van der Waals surface area contributed by atoms with Gasteiger partial charge in [-0.05, 0) is 12.5 Å². The van der Waals surface area contributed by atoms with Gasteiger partial charge in [0, 0.05) is 13.7 Å². The third-order valence-electron chi connectivity index (χ3n) is 3.35. The molecule has 1 amide bonds. The number of ether oxygens (including phenoxy) is 3. The van der Waals surface area contributed by atoms with Gasteiger partial charge in [0.15, 0.2) is 11.5 Å². The minimum absolute atomic E-state index is 0.0354. The quantitative estimate of drug-likeness (QED) is 0.262. The first-order valence-corrected chi connectivity index (χ1v) is 8.01. The van der Waals surface area contributed by atoms with Crippen LogP contribution in [0.15, 0.2) is 34.9 Å². The number of nitrogens with zero attached hydrogens (tertiary/aromatic N) is 1. The highest BCUT2D eigenvalue weighted by molar-refractivity contribution is 5.77. The van der Waals surface area contributed by atoms with E-state index in [1.807, 2.05) is 0 Å². The first-order valence-electron chi connectivity index (χ1n) is 8.01. The number of hydrogen-bond acceptors (Lipinski definition) is 8. The Morgan fingerprint density at radius 1 is 1.19 bits per heavy atom. The molecule has 1 aliphatic rings. The van der Waals surface area contributed by atoms with Crippen LogP contribution in [0.4, 0.5) is 0 Å². The first kappa shape index (κ1) is 21.6. The zero-order chi connectivity index (χ0) is 19.4. The first-order chi connectivity index (χ1) is 12.4. The molecule has 1 aliphatic carbocycles. The van der Waals surface area contributed by atoms with Crippen LogP contribution in [0.3, 0.4) is 0 Å². The summed E-state index contributed by atoms with van der Waals surface area (Å²) in [6.07, 6.45) is 2.43. The largest absolute Gasteiger partial charge is 0.504 e. The monoisotopic (exact) mass is 372 g/mol. The maximum atomic E-state index is 11.6. The number of methoxy groups -OCH3 is 1. The minimum Gasteiger partial charge on any atom is -0.504 e. The third-order valence-corrected chi connectivity index (χ3v) is 3.35. The summed E-state index contributed by atoms with van der Waals surface area (Å²) in [4.78, 5) is 21.9. The van der Waals surface area contributed by atoms with Crippen LogP contribution < -0.4 is 5.32 Å². The van der Waals surface area contributed by atoms with Crippen molar-refractivity contribution in [2.45, 2.75) is 12.8 Å². The normalized spacial score (nSPS) is 14.5. The van der Waals surface area contributed by atoms with E-state index in [9.17, 15) is 25.1 Å². The van der Waals surface area contributed by atoms with Crippen LogP contribution in [0.2, 0.25) is 0 Å². The molecule has 0 aromatic carbocycles. The molecule has 0 radical (unpaired) electrons. The van der Waals surface area contributed by atoms with Crippen LogP contribution in [0, 0.1) is 10.1 Å². The predicted octanol–water partition coefficient (Wildman–Crippen LogP) is 0.991. The zero-order valence-electron chi connectivity index (χ0n) is 14.6. The summed E-state index contributed by atoms with van der Waals surface area (Å²) in [7, 11) is 1.57. The van der Waals surface area contributed by atoms with Crippen molar-refractivity contribution in [3.8, 4) is 0 Å². The van der Waals surface area contributed by atoms with E-state index in [1.54, 1.807) is 7.11 Å². The Labute approximate surface area is 150 Å². The number of amides is 1. The van der Waals surface area contributed by atoms with Gasteiger partial charge in [0.2, 0.25) is 5.91 Å². The molecule has 10 nitrogen and oxygen atoms in total. The Hall–Kier alpha value is -2.43. The molecule has 0 fully saturated rings. The number of allylic oxidation sites excluding steroid dienone is 3. The number of aliphatic hydroxyl groups is 2. The molecule has 146 valence electrons. The Bertz CT molecular complexity index is 583. The number of carbonyl (C=O) groups is 1. The van der Waals surface area contributed by atoms with Crippen molar-refractivity contribution in [1.82, 2.24) is 5.32 Å². The van der Waals surface area contributed by atoms with E-state index in [1.165, 1.54) is 6.08 Å². The standard InChI is InChI=1S/C16H24N2O8/c1-24-4-5-25-6-7-26-11-16(21)17-3-2-12-8-13(18(22)23)10-15(20)14(19)9-12/h9-10,19-20H,2-8,11H2,1H3,(H,17,21). The molecular weight excluding hydrogens is 348 g/mol. The Morgan fingerprint density at radius 2 is 1.85 bits per heavy atom. The van der Waals surface area contributed by atoms with Crippen LogP contribution >= 0.6 is 0 Å². The highest BCUT2D eigenvalue weighted by Crippen LogP contribution is 2.22. The van der Waals surface area contributed by atoms with Gasteiger partial charge in [-0.1, -0.05) is 5.57 Å². The second-order valence-corrected chi connectivity index (χ2v) is 5.40. The van der Waals surface area contributed by atoms with Gasteiger partial charge in [-0.2, -0.15) is 0 Å². The van der Waals surface area contributed by atoms with Crippen molar-refractivity contribution in [1.29, 1.82) is 0 Å². The van der Waals surface area contributed by atoms with Gasteiger partial charge in [-0.25, -0.2) is 0 Å². The van der Waals surface area contributed by atoms with Gasteiger partial charge >= 0.3 is 0 Å². The van der Waals surface area contributed by atoms with Crippen molar-refractivity contribution >= 4 is 5.91 Å². The average Bonchev–Trinajstić information content (AvgIpc) is 2.73. The summed E-state index contributed by atoms with van der Waals surface area (Å²) in [6, 6.07) is 0. The van der Waals surface area contributed by atoms with E-state index < -0.39 is 16.4 Å². The van der Waals surface area contributed by atoms with Gasteiger partial charge in [0.1, 0.15) is 6.61 Å². The lowest BCUT2D eigenvalue weighted by Gasteiger charge is -2.08.